The lowest BCUT2D eigenvalue weighted by molar-refractivity contribution is -0.118. The van der Waals surface area contributed by atoms with E-state index in [0.29, 0.717) is 71.4 Å². The van der Waals surface area contributed by atoms with Crippen LogP contribution in [0.15, 0.2) is 218 Å². The number of alkyl halides is 3. The summed E-state index contributed by atoms with van der Waals surface area (Å²) in [6.45, 7) is 5.92. The van der Waals surface area contributed by atoms with Gasteiger partial charge in [-0.25, -0.2) is 13.2 Å². The lowest BCUT2D eigenvalue weighted by Gasteiger charge is -2.43. The molecule has 0 bridgehead atoms. The number of hydrogen-bond acceptors (Lipinski definition) is 22. The molecule has 8 amide bonds. The van der Waals surface area contributed by atoms with Gasteiger partial charge >= 0.3 is 0 Å². The second kappa shape index (κ2) is 45.5. The number of carbonyl (C=O) groups excluding carboxylic acids is 8. The van der Waals surface area contributed by atoms with E-state index in [9.17, 15) is 59.4 Å². The Balaban J connectivity index is 0.000000134. The van der Waals surface area contributed by atoms with Crippen LogP contribution < -0.4 is 44.2 Å². The smallest absolute Gasteiger partial charge is 0.254 e. The molecule has 10 heterocycles. The summed E-state index contributed by atoms with van der Waals surface area (Å²) in [6.07, 6.45) is 11.9. The van der Waals surface area contributed by atoms with Crippen molar-refractivity contribution < 1.29 is 51.5 Å². The van der Waals surface area contributed by atoms with Crippen molar-refractivity contribution >= 4 is 93.5 Å². The normalized spacial score (nSPS) is 20.7. The number of halogens is 4. The fourth-order valence-electron chi connectivity index (χ4n) is 19.4. The number of likely N-dealkylation sites (tertiary alicyclic amines) is 4. The predicted molar refractivity (Wildman–Crippen MR) is 548 cm³/mol. The third-order valence-electron chi connectivity index (χ3n) is 29.0. The highest BCUT2D eigenvalue weighted by Crippen LogP contribution is 2.45. The molecule has 4 saturated heterocycles. The molecule has 38 heteroatoms. The number of rotatable bonds is 32. The van der Waals surface area contributed by atoms with E-state index in [1.54, 1.807) is 10.9 Å². The Kier molecular flexibility index (Phi) is 31.9. The minimum absolute atomic E-state index is 0.0134. The molecule has 147 heavy (non-hydrogen) atoms. The average Bonchev–Trinajstić information content (AvgIpc) is 1.68. The molecule has 756 valence electrons. The third-order valence-corrected chi connectivity index (χ3v) is 30.1. The van der Waals surface area contributed by atoms with Gasteiger partial charge in [-0.2, -0.15) is 41.4 Å². The number of primary amides is 4. The highest BCUT2D eigenvalue weighted by molar-refractivity contribution is 7.14. The minimum Gasteiger partial charge on any atom is -0.365 e. The molecule has 33 nitrogen and oxygen atoms in total. The largest absolute Gasteiger partial charge is 0.365 e. The molecule has 4 aliphatic carbocycles. The summed E-state index contributed by atoms with van der Waals surface area (Å²) < 4.78 is 54.1. The van der Waals surface area contributed by atoms with Crippen molar-refractivity contribution in [3.63, 3.8) is 0 Å². The van der Waals surface area contributed by atoms with Crippen LogP contribution in [0.5, 0.6) is 0 Å². The van der Waals surface area contributed by atoms with Crippen LogP contribution in [0.3, 0.4) is 0 Å². The van der Waals surface area contributed by atoms with Gasteiger partial charge in [0.15, 0.2) is 23.3 Å². The first kappa shape index (κ1) is 103. The monoisotopic (exact) mass is 2020 g/mol. The number of nitrogens with zero attached hydrogens (tertiary/aromatic N) is 17. The van der Waals surface area contributed by atoms with Gasteiger partial charge in [0, 0.05) is 144 Å². The number of hydrogen-bond donors (Lipinski definition) is 8. The standard InChI is InChI=1S/3C28H29FN6O2.C25H26ClN7O2S/c3*29-24-18-34(16-19-6-8-21(9-7-19)20-4-2-1-3-5-20)15-13-28(24,12-14-30)35-17-23(25(31)36)26(33-35)32-27(37)22-10-11-22;26-21-11-18(15-36-21)20-4-1-16(12-29-20)13-32-9-6-25(5-8-27,7-10-32)33-14-19(22(28)34)23(31-33)30-24(35)17-2-3-17/h3*1-9,17,22,24H,10-13,15-16,18H2,(H2,31,36)(H,32,33,37);1,4,11-12,14-15,17H,2-3,5-7,9-10,13H2,(H2,28,34)(H,30,31,35)/t2*24-,28+;24-,28-;/m101./s1. The van der Waals surface area contributed by atoms with Crippen LogP contribution in [0.4, 0.5) is 36.4 Å². The summed E-state index contributed by atoms with van der Waals surface area (Å²) in [6, 6.07) is 69.6. The van der Waals surface area contributed by atoms with Crippen molar-refractivity contribution in [2.75, 3.05) is 73.6 Å². The van der Waals surface area contributed by atoms with E-state index in [4.69, 9.17) is 34.5 Å². The Hall–Kier alpha value is -15.4. The SMILES string of the molecule is N#CCC1(n2cc(C(N)=O)c(NC(=O)C3CC3)n2)CCN(Cc2ccc(-c3csc(Cl)c3)nc2)CC1.N#CC[C@@]1(n2cc(C(N)=O)c(NC(=O)C3CC3)n2)CCN(Cc2ccc(-c3ccccc3)cc2)C[C@@H]1F.N#CC[C@@]1(n2cc(C(N)=O)c(NC(=O)C3CC3)n2)CCN(Cc2ccc(-c3ccccc3)cc2)C[C@H]1F.N#CC[C@]1(n2cc(C(N)=O)c(NC(=O)C3CC3)n2)CCN(Cc2ccc(-c3ccccc3)cc2)C[C@H]1F. The molecule has 12 aromatic rings. The van der Waals surface area contributed by atoms with Crippen molar-refractivity contribution in [1.29, 1.82) is 21.0 Å². The zero-order chi connectivity index (χ0) is 103. The summed E-state index contributed by atoms with van der Waals surface area (Å²) in [5.41, 5.74) is 31.0. The van der Waals surface area contributed by atoms with Gasteiger partial charge in [-0.1, -0.05) is 181 Å². The Morgan fingerprint density at radius 1 is 0.361 bits per heavy atom. The fraction of sp³-hybridized carbons (Fsp3) is 0.367. The molecule has 6 aromatic carbocycles. The summed E-state index contributed by atoms with van der Waals surface area (Å²) in [5.74, 6) is -3.87. The number of nitrogens with two attached hydrogens (primary N) is 4. The number of amides is 8. The Morgan fingerprint density at radius 2 is 0.639 bits per heavy atom. The lowest BCUT2D eigenvalue weighted by atomic mass is 9.83. The van der Waals surface area contributed by atoms with Gasteiger partial charge in [0.05, 0.1) is 65.5 Å². The van der Waals surface area contributed by atoms with E-state index in [1.165, 1.54) is 44.0 Å². The van der Waals surface area contributed by atoms with Gasteiger partial charge in [0.1, 0.15) is 57.4 Å². The first-order valence-electron chi connectivity index (χ1n) is 49.3. The second-order valence-electron chi connectivity index (χ2n) is 39.2. The Bertz CT molecular complexity index is 6470. The number of thiophene rings is 1. The molecular weight excluding hydrogens is 1910 g/mol. The minimum atomic E-state index is -1.42. The Morgan fingerprint density at radius 3 is 0.905 bits per heavy atom. The van der Waals surface area contributed by atoms with Crippen LogP contribution in [0.1, 0.15) is 173 Å². The van der Waals surface area contributed by atoms with Gasteiger partial charge in [-0.3, -0.25) is 81.7 Å². The number of pyridine rings is 1. The van der Waals surface area contributed by atoms with E-state index in [2.05, 4.69) is 155 Å². The van der Waals surface area contributed by atoms with Crippen LogP contribution in [0, 0.1) is 69.0 Å². The van der Waals surface area contributed by atoms with E-state index in [1.807, 2.05) is 129 Å². The maximum absolute atomic E-state index is 15.9. The predicted octanol–water partition coefficient (Wildman–Crippen LogP) is 15.6. The van der Waals surface area contributed by atoms with E-state index < -0.39 is 64.3 Å². The maximum Gasteiger partial charge on any atom is 0.254 e. The van der Waals surface area contributed by atoms with Crippen LogP contribution >= 0.6 is 22.9 Å². The number of piperidine rings is 4. The molecule has 8 fully saturated rings. The van der Waals surface area contributed by atoms with Crippen molar-refractivity contribution in [2.45, 2.75) is 176 Å². The Labute approximate surface area is 857 Å². The summed E-state index contributed by atoms with van der Waals surface area (Å²) in [5, 5.41) is 68.6. The van der Waals surface area contributed by atoms with E-state index in [-0.39, 0.29) is 138 Å². The number of aromatic nitrogens is 9. The molecule has 0 radical (unpaired) electrons. The molecule has 4 aliphatic heterocycles. The topological polar surface area (TPSA) is 481 Å². The molecular formula is C109H113ClF3N25O8S. The molecule has 6 atom stereocenters. The molecule has 20 rings (SSSR count). The van der Waals surface area contributed by atoms with Gasteiger partial charge in [0.25, 0.3) is 23.6 Å². The summed E-state index contributed by atoms with van der Waals surface area (Å²) >= 11 is 7.52. The van der Waals surface area contributed by atoms with E-state index >= 15 is 13.2 Å². The van der Waals surface area contributed by atoms with Gasteiger partial charge < -0.3 is 44.2 Å². The molecule has 8 aliphatic rings. The molecule has 4 saturated carbocycles. The van der Waals surface area contributed by atoms with Crippen LogP contribution in [-0.4, -0.2) is 182 Å². The van der Waals surface area contributed by atoms with Gasteiger partial charge in [-0.15, -0.1) is 11.3 Å². The summed E-state index contributed by atoms with van der Waals surface area (Å²) in [4.78, 5) is 110. The molecule has 6 aromatic heterocycles. The first-order chi connectivity index (χ1) is 71.0. The van der Waals surface area contributed by atoms with Gasteiger partial charge in [0.2, 0.25) is 23.6 Å². The highest BCUT2D eigenvalue weighted by atomic mass is 35.5. The quantitative estimate of drug-likeness (QED) is 0.0194. The number of carbonyl (C=O) groups is 8. The van der Waals surface area contributed by atoms with Crippen molar-refractivity contribution in [3.8, 4) is 68.9 Å². The highest BCUT2D eigenvalue weighted by Gasteiger charge is 2.51. The number of nitrogens with one attached hydrogen (secondary N) is 4. The lowest BCUT2D eigenvalue weighted by Crippen LogP contribution is -2.54. The second-order valence-corrected chi connectivity index (χ2v) is 40.8. The first-order valence-corrected chi connectivity index (χ1v) is 50.6. The average molecular weight is 2030 g/mol. The summed E-state index contributed by atoms with van der Waals surface area (Å²) in [7, 11) is 0. The van der Waals surface area contributed by atoms with E-state index in [0.717, 1.165) is 142 Å². The van der Waals surface area contributed by atoms with Crippen LogP contribution in [-0.2, 0) is 67.5 Å². The number of anilines is 4. The van der Waals surface area contributed by atoms with Gasteiger partial charge in [-0.05, 0) is 151 Å². The van der Waals surface area contributed by atoms with Crippen molar-refractivity contribution in [1.82, 2.24) is 63.7 Å². The van der Waals surface area contributed by atoms with Crippen LogP contribution in [0.25, 0.3) is 44.6 Å². The molecule has 0 spiro atoms. The number of nitriles is 4. The maximum atomic E-state index is 15.9. The van der Waals surface area contributed by atoms with Crippen LogP contribution in [0.2, 0.25) is 4.34 Å². The number of benzene rings is 6. The third kappa shape index (κ3) is 24.4. The van der Waals surface area contributed by atoms with Crippen molar-refractivity contribution in [2.24, 2.45) is 46.6 Å². The molecule has 12 N–H and O–H groups in total. The zero-order valence-electron chi connectivity index (χ0n) is 80.9. The zero-order valence-corrected chi connectivity index (χ0v) is 82.5. The van der Waals surface area contributed by atoms with Crippen molar-refractivity contribution in [3.05, 3.63) is 267 Å². The molecule has 0 unspecified atom stereocenters. The fourth-order valence-corrected chi connectivity index (χ4v) is 20.3.